The van der Waals surface area contributed by atoms with Gasteiger partial charge < -0.3 is 15.3 Å². The molecule has 1 aliphatic rings. The molecule has 0 saturated carbocycles. The highest BCUT2D eigenvalue weighted by Gasteiger charge is 2.38. The smallest absolute Gasteiger partial charge is 0.475 e. The molecule has 6 nitrogen and oxygen atoms in total. The number of aliphatic carboxylic acids is 1. The fourth-order valence-corrected chi connectivity index (χ4v) is 3.77. The van der Waals surface area contributed by atoms with Gasteiger partial charge in [-0.15, -0.1) is 11.3 Å². The summed E-state index contributed by atoms with van der Waals surface area (Å²) in [6.07, 6.45) is -5.08. The third kappa shape index (κ3) is 5.33. The molecule has 1 aromatic heterocycles. The van der Waals surface area contributed by atoms with E-state index in [-0.39, 0.29) is 5.91 Å². The second kappa shape index (κ2) is 9.23. The molecule has 0 aliphatic carbocycles. The molecular weight excluding hydrogens is 419 g/mol. The van der Waals surface area contributed by atoms with Crippen molar-refractivity contribution in [2.75, 3.05) is 26.2 Å². The van der Waals surface area contributed by atoms with E-state index in [1.807, 2.05) is 47.4 Å². The zero-order valence-electron chi connectivity index (χ0n) is 15.6. The van der Waals surface area contributed by atoms with Crippen molar-refractivity contribution >= 4 is 33.4 Å². The quantitative estimate of drug-likeness (QED) is 0.640. The fourth-order valence-electron chi connectivity index (χ4n) is 2.80. The fraction of sp³-hybridized carbons (Fsp3) is 0.250. The first-order valence-corrected chi connectivity index (χ1v) is 9.83. The van der Waals surface area contributed by atoms with Crippen molar-refractivity contribution in [1.29, 1.82) is 0 Å². The predicted octanol–water partition coefficient (Wildman–Crippen LogP) is 3.64. The largest absolute Gasteiger partial charge is 0.490 e. The predicted molar refractivity (Wildman–Crippen MR) is 108 cm³/mol. The minimum absolute atomic E-state index is 0.113. The lowest BCUT2D eigenvalue weighted by Gasteiger charge is -2.27. The Hall–Kier alpha value is -2.98. The molecular formula is C20H18F3N3O3S. The monoisotopic (exact) mass is 437 g/mol. The number of para-hydroxylation sites is 1. The number of thiazole rings is 1. The number of benzene rings is 2. The van der Waals surface area contributed by atoms with Crippen LogP contribution in [0.2, 0.25) is 0 Å². The Morgan fingerprint density at radius 3 is 2.20 bits per heavy atom. The van der Waals surface area contributed by atoms with Gasteiger partial charge in [0.2, 0.25) is 0 Å². The number of amides is 1. The van der Waals surface area contributed by atoms with Crippen LogP contribution >= 0.6 is 11.3 Å². The number of halogens is 3. The van der Waals surface area contributed by atoms with Crippen LogP contribution in [0.15, 0.2) is 48.5 Å². The normalized spacial score (nSPS) is 14.2. The van der Waals surface area contributed by atoms with E-state index in [1.165, 1.54) is 4.70 Å². The van der Waals surface area contributed by atoms with E-state index in [0.29, 0.717) is 0 Å². The van der Waals surface area contributed by atoms with Crippen LogP contribution in [0, 0.1) is 0 Å². The average molecular weight is 437 g/mol. The molecule has 2 aromatic carbocycles. The lowest BCUT2D eigenvalue weighted by Crippen LogP contribution is -2.46. The summed E-state index contributed by atoms with van der Waals surface area (Å²) in [6, 6.07) is 15.9. The third-order valence-corrected chi connectivity index (χ3v) is 5.40. The van der Waals surface area contributed by atoms with Crippen LogP contribution in [-0.4, -0.2) is 59.2 Å². The molecule has 0 atom stereocenters. The molecule has 2 N–H and O–H groups in total. The molecule has 0 radical (unpaired) electrons. The van der Waals surface area contributed by atoms with Crippen molar-refractivity contribution in [2.45, 2.75) is 6.18 Å². The molecule has 1 amide bonds. The Balaban J connectivity index is 0.000000318. The minimum Gasteiger partial charge on any atom is -0.475 e. The summed E-state index contributed by atoms with van der Waals surface area (Å²) >= 11 is 1.68. The molecule has 158 valence electrons. The maximum absolute atomic E-state index is 12.5. The molecule has 30 heavy (non-hydrogen) atoms. The number of hydrogen-bond donors (Lipinski definition) is 2. The van der Waals surface area contributed by atoms with E-state index in [0.717, 1.165) is 47.8 Å². The highest BCUT2D eigenvalue weighted by molar-refractivity contribution is 7.21. The van der Waals surface area contributed by atoms with Crippen LogP contribution in [0.3, 0.4) is 0 Å². The van der Waals surface area contributed by atoms with Gasteiger partial charge in [0.25, 0.3) is 5.91 Å². The molecule has 1 fully saturated rings. The van der Waals surface area contributed by atoms with Crippen molar-refractivity contribution in [1.82, 2.24) is 15.2 Å². The van der Waals surface area contributed by atoms with Crippen LogP contribution in [0.1, 0.15) is 10.4 Å². The average Bonchev–Trinajstić information content (AvgIpc) is 3.18. The van der Waals surface area contributed by atoms with Gasteiger partial charge in [-0.05, 0) is 24.3 Å². The lowest BCUT2D eigenvalue weighted by atomic mass is 10.1. The first-order valence-electron chi connectivity index (χ1n) is 9.02. The van der Waals surface area contributed by atoms with Gasteiger partial charge in [0.1, 0.15) is 5.01 Å². The minimum atomic E-state index is -5.08. The summed E-state index contributed by atoms with van der Waals surface area (Å²) in [5.41, 5.74) is 2.83. The molecule has 0 spiro atoms. The number of piperazine rings is 1. The molecule has 0 bridgehead atoms. The summed E-state index contributed by atoms with van der Waals surface area (Å²) in [4.78, 5) is 27.9. The van der Waals surface area contributed by atoms with Crippen LogP contribution in [0.5, 0.6) is 0 Å². The van der Waals surface area contributed by atoms with E-state index < -0.39 is 12.1 Å². The van der Waals surface area contributed by atoms with Crippen LogP contribution in [0.4, 0.5) is 13.2 Å². The number of rotatable bonds is 2. The van der Waals surface area contributed by atoms with E-state index in [4.69, 9.17) is 9.90 Å². The summed E-state index contributed by atoms with van der Waals surface area (Å²) in [6.45, 7) is 3.29. The van der Waals surface area contributed by atoms with E-state index in [1.54, 1.807) is 11.3 Å². The second-order valence-electron chi connectivity index (χ2n) is 6.41. The third-order valence-electron chi connectivity index (χ3n) is 4.32. The Kier molecular flexibility index (Phi) is 6.68. The Labute approximate surface area is 174 Å². The summed E-state index contributed by atoms with van der Waals surface area (Å²) in [7, 11) is 0. The maximum Gasteiger partial charge on any atom is 0.490 e. The molecule has 10 heteroatoms. The Morgan fingerprint density at radius 1 is 1.03 bits per heavy atom. The summed E-state index contributed by atoms with van der Waals surface area (Å²) in [5.74, 6) is -2.64. The summed E-state index contributed by atoms with van der Waals surface area (Å²) in [5, 5.41) is 11.4. The van der Waals surface area contributed by atoms with E-state index in [2.05, 4.69) is 16.4 Å². The first kappa shape index (κ1) is 21.7. The van der Waals surface area contributed by atoms with Crippen LogP contribution in [-0.2, 0) is 4.79 Å². The van der Waals surface area contributed by atoms with Crippen molar-refractivity contribution in [3.05, 3.63) is 54.1 Å². The van der Waals surface area contributed by atoms with E-state index in [9.17, 15) is 18.0 Å². The highest BCUT2D eigenvalue weighted by atomic mass is 32.1. The molecule has 1 aliphatic heterocycles. The van der Waals surface area contributed by atoms with E-state index >= 15 is 0 Å². The number of nitrogens with one attached hydrogen (secondary N) is 1. The number of aromatic nitrogens is 1. The van der Waals surface area contributed by atoms with Gasteiger partial charge in [-0.2, -0.15) is 13.2 Å². The van der Waals surface area contributed by atoms with Crippen molar-refractivity contribution in [3.63, 3.8) is 0 Å². The van der Waals surface area contributed by atoms with Gasteiger partial charge in [0.15, 0.2) is 0 Å². The van der Waals surface area contributed by atoms with Gasteiger partial charge in [0.05, 0.1) is 10.2 Å². The van der Waals surface area contributed by atoms with Crippen LogP contribution < -0.4 is 5.32 Å². The number of carboxylic acid groups (broad SMARTS) is 1. The van der Waals surface area contributed by atoms with Crippen molar-refractivity contribution in [3.8, 4) is 10.6 Å². The Morgan fingerprint density at radius 2 is 1.63 bits per heavy atom. The topological polar surface area (TPSA) is 82.5 Å². The summed E-state index contributed by atoms with van der Waals surface area (Å²) < 4.78 is 32.9. The molecule has 0 unspecified atom stereocenters. The number of fused-ring (bicyclic) bond motifs is 1. The number of nitrogens with zero attached hydrogens (tertiary/aromatic N) is 2. The highest BCUT2D eigenvalue weighted by Crippen LogP contribution is 2.30. The SMILES string of the molecule is O=C(O)C(F)(F)F.O=C(c1ccc(-c2nc3ccccc3s2)cc1)N1CCNCC1. The zero-order chi connectivity index (χ0) is 21.7. The number of carbonyl (C=O) groups excluding carboxylic acids is 1. The lowest BCUT2D eigenvalue weighted by molar-refractivity contribution is -0.192. The molecule has 1 saturated heterocycles. The van der Waals surface area contributed by atoms with Gasteiger partial charge in [-0.25, -0.2) is 9.78 Å². The Bertz CT molecular complexity index is 996. The molecule has 3 aromatic rings. The number of alkyl halides is 3. The second-order valence-corrected chi connectivity index (χ2v) is 7.44. The van der Waals surface area contributed by atoms with Crippen LogP contribution in [0.25, 0.3) is 20.8 Å². The number of carboxylic acids is 1. The maximum atomic E-state index is 12.5. The van der Waals surface area contributed by atoms with Crippen molar-refractivity contribution < 1.29 is 27.9 Å². The van der Waals surface area contributed by atoms with Gasteiger partial charge in [0, 0.05) is 37.3 Å². The molecule has 2 heterocycles. The first-order chi connectivity index (χ1) is 14.3. The molecule has 4 rings (SSSR count). The van der Waals surface area contributed by atoms with Crippen molar-refractivity contribution in [2.24, 2.45) is 0 Å². The number of hydrogen-bond acceptors (Lipinski definition) is 5. The number of carbonyl (C=O) groups is 2. The van der Waals surface area contributed by atoms with Gasteiger partial charge >= 0.3 is 12.1 Å². The zero-order valence-corrected chi connectivity index (χ0v) is 16.5. The van der Waals surface area contributed by atoms with Gasteiger partial charge in [-0.1, -0.05) is 24.3 Å². The standard InChI is InChI=1S/C18H17N3OS.C2HF3O2/c22-18(21-11-9-19-10-12-21)14-7-5-13(6-8-14)17-20-15-3-1-2-4-16(15)23-17;3-2(4,5)1(6)7/h1-8,19H,9-12H2;(H,6,7). The van der Waals surface area contributed by atoms with Gasteiger partial charge in [-0.3, -0.25) is 4.79 Å².